The minimum Gasteiger partial charge on any atom is -0.489 e. The summed E-state index contributed by atoms with van der Waals surface area (Å²) in [5, 5.41) is 12.6. The van der Waals surface area contributed by atoms with E-state index in [4.69, 9.17) is 27.9 Å². The van der Waals surface area contributed by atoms with Crippen molar-refractivity contribution in [2.24, 2.45) is 0 Å². The molecule has 4 rings (SSSR count). The number of amides is 1. The summed E-state index contributed by atoms with van der Waals surface area (Å²) in [7, 11) is -4.08. The summed E-state index contributed by atoms with van der Waals surface area (Å²) in [6, 6.07) is 18.3. The first-order valence-corrected chi connectivity index (χ1v) is 14.1. The van der Waals surface area contributed by atoms with Crippen LogP contribution in [-0.4, -0.2) is 48.3 Å². The Labute approximate surface area is 231 Å². The normalized spacial score (nSPS) is 16.6. The van der Waals surface area contributed by atoms with Gasteiger partial charge in [0.2, 0.25) is 15.9 Å². The zero-order chi connectivity index (χ0) is 27.3. The number of rotatable bonds is 10. The van der Waals surface area contributed by atoms with Crippen LogP contribution in [0.1, 0.15) is 24.0 Å². The Morgan fingerprint density at radius 3 is 2.29 bits per heavy atom. The van der Waals surface area contributed by atoms with Crippen molar-refractivity contribution in [1.29, 1.82) is 0 Å². The SMILES string of the molecule is O=C(O)[C@H](Cc1ccc(OCc2ccccc2)cc1)NC(=O)[C@@H]1CCCN1S(=O)(=O)c1cc(Cl)cc(Cl)c1. The first-order chi connectivity index (χ1) is 18.1. The van der Waals surface area contributed by atoms with Crippen LogP contribution in [0.25, 0.3) is 0 Å². The molecule has 8 nitrogen and oxygen atoms in total. The lowest BCUT2D eigenvalue weighted by molar-refractivity contribution is -0.142. The van der Waals surface area contributed by atoms with Crippen LogP contribution < -0.4 is 10.1 Å². The smallest absolute Gasteiger partial charge is 0.326 e. The topological polar surface area (TPSA) is 113 Å². The fraction of sp³-hybridized carbons (Fsp3) is 0.259. The van der Waals surface area contributed by atoms with Gasteiger partial charge in [-0.1, -0.05) is 65.7 Å². The molecule has 0 radical (unpaired) electrons. The van der Waals surface area contributed by atoms with Gasteiger partial charge >= 0.3 is 5.97 Å². The molecule has 0 spiro atoms. The Bertz CT molecular complexity index is 1380. The van der Waals surface area contributed by atoms with E-state index in [1.165, 1.54) is 18.2 Å². The highest BCUT2D eigenvalue weighted by Crippen LogP contribution is 2.30. The molecule has 1 saturated heterocycles. The highest BCUT2D eigenvalue weighted by Gasteiger charge is 2.40. The van der Waals surface area contributed by atoms with Crippen LogP contribution in [0.5, 0.6) is 5.75 Å². The number of sulfonamides is 1. The molecule has 0 bridgehead atoms. The minimum atomic E-state index is -4.08. The average Bonchev–Trinajstić information content (AvgIpc) is 3.39. The third-order valence-electron chi connectivity index (χ3n) is 6.18. The van der Waals surface area contributed by atoms with Crippen LogP contribution in [0.4, 0.5) is 0 Å². The van der Waals surface area contributed by atoms with E-state index in [0.29, 0.717) is 24.3 Å². The molecule has 1 amide bonds. The number of halogens is 2. The minimum absolute atomic E-state index is 0.0173. The molecule has 11 heteroatoms. The molecule has 1 aliphatic heterocycles. The average molecular weight is 577 g/mol. The summed E-state index contributed by atoms with van der Waals surface area (Å²) in [6.45, 7) is 0.517. The van der Waals surface area contributed by atoms with E-state index in [-0.39, 0.29) is 34.3 Å². The molecule has 38 heavy (non-hydrogen) atoms. The second kappa shape index (κ2) is 12.2. The maximum absolute atomic E-state index is 13.2. The summed E-state index contributed by atoms with van der Waals surface area (Å²) in [4.78, 5) is 24.9. The Morgan fingerprint density at radius 2 is 1.66 bits per heavy atom. The van der Waals surface area contributed by atoms with Gasteiger partial charge < -0.3 is 15.2 Å². The standard InChI is InChI=1S/C27H26Cl2N2O6S/c28-20-14-21(29)16-23(15-20)38(35,36)31-12-4-7-25(31)26(32)30-24(27(33)34)13-18-8-10-22(11-9-18)37-17-19-5-2-1-3-6-19/h1-3,5-6,8-11,14-16,24-25H,4,7,12-13,17H2,(H,30,32)(H,33,34)/t24-,25-/m0/s1. The second-order valence-corrected chi connectivity index (χ2v) is 11.7. The van der Waals surface area contributed by atoms with Crippen molar-refractivity contribution >= 4 is 45.1 Å². The monoisotopic (exact) mass is 576 g/mol. The van der Waals surface area contributed by atoms with Crippen molar-refractivity contribution in [1.82, 2.24) is 9.62 Å². The predicted molar refractivity (Wildman–Crippen MR) is 144 cm³/mol. The summed E-state index contributed by atoms with van der Waals surface area (Å²) in [5.74, 6) is -1.27. The van der Waals surface area contributed by atoms with Crippen molar-refractivity contribution in [3.8, 4) is 5.75 Å². The molecule has 200 valence electrons. The fourth-order valence-electron chi connectivity index (χ4n) is 4.27. The molecule has 1 aliphatic rings. The zero-order valence-corrected chi connectivity index (χ0v) is 22.5. The molecule has 0 aromatic heterocycles. The van der Waals surface area contributed by atoms with Gasteiger partial charge in [-0.2, -0.15) is 4.31 Å². The Kier molecular flexibility index (Phi) is 8.94. The molecule has 0 unspecified atom stereocenters. The van der Waals surface area contributed by atoms with E-state index < -0.39 is 34.0 Å². The summed E-state index contributed by atoms with van der Waals surface area (Å²) >= 11 is 12.0. The highest BCUT2D eigenvalue weighted by atomic mass is 35.5. The number of aliphatic carboxylic acids is 1. The van der Waals surface area contributed by atoms with Gasteiger partial charge in [0.05, 0.1) is 4.90 Å². The number of ether oxygens (including phenoxy) is 1. The molecular weight excluding hydrogens is 551 g/mol. The molecule has 0 saturated carbocycles. The molecular formula is C27H26Cl2N2O6S. The largest absolute Gasteiger partial charge is 0.489 e. The number of carbonyl (C=O) groups excluding carboxylic acids is 1. The highest BCUT2D eigenvalue weighted by molar-refractivity contribution is 7.89. The van der Waals surface area contributed by atoms with Gasteiger partial charge in [-0.25, -0.2) is 13.2 Å². The van der Waals surface area contributed by atoms with Gasteiger partial charge in [-0.05, 0) is 54.3 Å². The number of hydrogen-bond donors (Lipinski definition) is 2. The van der Waals surface area contributed by atoms with Crippen LogP contribution in [0.3, 0.4) is 0 Å². The van der Waals surface area contributed by atoms with Crippen LogP contribution in [0.15, 0.2) is 77.7 Å². The lowest BCUT2D eigenvalue weighted by atomic mass is 10.1. The lowest BCUT2D eigenvalue weighted by Crippen LogP contribution is -2.51. The molecule has 1 fully saturated rings. The molecule has 1 heterocycles. The fourth-order valence-corrected chi connectivity index (χ4v) is 6.65. The number of carboxylic acids is 1. The van der Waals surface area contributed by atoms with Crippen molar-refractivity contribution in [2.75, 3.05) is 6.54 Å². The summed E-state index contributed by atoms with van der Waals surface area (Å²) in [6.07, 6.45) is 0.732. The summed E-state index contributed by atoms with van der Waals surface area (Å²) < 4.78 is 33.3. The van der Waals surface area contributed by atoms with Crippen LogP contribution in [0, 0.1) is 0 Å². The van der Waals surface area contributed by atoms with Crippen molar-refractivity contribution in [3.05, 3.63) is 94.0 Å². The van der Waals surface area contributed by atoms with E-state index in [9.17, 15) is 23.1 Å². The van der Waals surface area contributed by atoms with E-state index in [2.05, 4.69) is 5.32 Å². The van der Waals surface area contributed by atoms with Gasteiger partial charge in [-0.15, -0.1) is 0 Å². The van der Waals surface area contributed by atoms with Crippen LogP contribution in [0.2, 0.25) is 10.0 Å². The van der Waals surface area contributed by atoms with Crippen LogP contribution >= 0.6 is 23.2 Å². The number of nitrogens with zero attached hydrogens (tertiary/aromatic N) is 1. The maximum atomic E-state index is 13.2. The number of carbonyl (C=O) groups is 2. The van der Waals surface area contributed by atoms with Crippen LogP contribution in [-0.2, 0) is 32.6 Å². The van der Waals surface area contributed by atoms with Gasteiger partial charge in [-0.3, -0.25) is 4.79 Å². The molecule has 2 atom stereocenters. The first-order valence-electron chi connectivity index (χ1n) is 11.9. The van der Waals surface area contributed by atoms with E-state index in [1.807, 2.05) is 30.3 Å². The summed E-state index contributed by atoms with van der Waals surface area (Å²) in [5.41, 5.74) is 1.70. The Hall–Kier alpha value is -3.11. The number of carboxylic acid groups (broad SMARTS) is 1. The lowest BCUT2D eigenvalue weighted by Gasteiger charge is -2.25. The van der Waals surface area contributed by atoms with Crippen molar-refractivity contribution in [3.63, 3.8) is 0 Å². The Morgan fingerprint density at radius 1 is 1.00 bits per heavy atom. The van der Waals surface area contributed by atoms with Gasteiger partial charge in [0.1, 0.15) is 24.4 Å². The zero-order valence-electron chi connectivity index (χ0n) is 20.2. The van der Waals surface area contributed by atoms with Gasteiger partial charge in [0.15, 0.2) is 0 Å². The Balaban J connectivity index is 1.41. The third-order valence-corrected chi connectivity index (χ3v) is 8.50. The third kappa shape index (κ3) is 6.85. The van der Waals surface area contributed by atoms with Gasteiger partial charge in [0, 0.05) is 23.0 Å². The molecule has 3 aromatic carbocycles. The molecule has 0 aliphatic carbocycles. The van der Waals surface area contributed by atoms with Gasteiger partial charge in [0.25, 0.3) is 0 Å². The molecule has 2 N–H and O–H groups in total. The number of nitrogens with one attached hydrogen (secondary N) is 1. The number of hydrogen-bond acceptors (Lipinski definition) is 5. The van der Waals surface area contributed by atoms with E-state index in [1.54, 1.807) is 24.3 Å². The van der Waals surface area contributed by atoms with E-state index >= 15 is 0 Å². The number of benzene rings is 3. The van der Waals surface area contributed by atoms with Crippen molar-refractivity contribution in [2.45, 2.75) is 42.8 Å². The maximum Gasteiger partial charge on any atom is 0.326 e. The second-order valence-electron chi connectivity index (χ2n) is 8.90. The first kappa shape index (κ1) is 27.9. The van der Waals surface area contributed by atoms with Crippen molar-refractivity contribution < 1.29 is 27.9 Å². The predicted octanol–water partition coefficient (Wildman–Crippen LogP) is 4.54. The van der Waals surface area contributed by atoms with E-state index in [0.717, 1.165) is 9.87 Å². The molecule has 3 aromatic rings. The quantitative estimate of drug-likeness (QED) is 0.366.